The molecule has 0 saturated carbocycles. The van der Waals surface area contributed by atoms with E-state index in [2.05, 4.69) is 10.4 Å². The van der Waals surface area contributed by atoms with Crippen LogP contribution in [0.3, 0.4) is 0 Å². The van der Waals surface area contributed by atoms with E-state index in [4.69, 9.17) is 11.6 Å². The highest BCUT2D eigenvalue weighted by Gasteiger charge is 2.21. The van der Waals surface area contributed by atoms with E-state index >= 15 is 0 Å². The Labute approximate surface area is 170 Å². The zero-order valence-corrected chi connectivity index (χ0v) is 17.6. The number of hydrogen-bond donors (Lipinski definition) is 1. The molecule has 1 amide bonds. The first-order valence-corrected chi connectivity index (χ1v) is 9.54. The van der Waals surface area contributed by atoms with Crippen molar-refractivity contribution in [3.05, 3.63) is 62.8 Å². The summed E-state index contributed by atoms with van der Waals surface area (Å²) >= 11 is 6.32. The van der Waals surface area contributed by atoms with Gasteiger partial charge in [0.25, 0.3) is 5.91 Å². The van der Waals surface area contributed by atoms with E-state index in [0.29, 0.717) is 22.6 Å². The summed E-state index contributed by atoms with van der Waals surface area (Å²) in [7, 11) is 1.86. The standard InChI is InChI=1S/C22H24ClN3O2/c1-12-6-13(2)19(20(27)7-12)11-24-22(28)18-9-16(23)8-17(15(18)4)21-14(3)10-25-26(21)5/h6,8-10H,7,11H2,1-5H3,(H,24,28). The fourth-order valence-electron chi connectivity index (χ4n) is 3.68. The number of hydrogen-bond acceptors (Lipinski definition) is 3. The number of nitrogens with zero attached hydrogens (tertiary/aromatic N) is 2. The second kappa shape index (κ2) is 7.76. The van der Waals surface area contributed by atoms with Gasteiger partial charge in [-0.05, 0) is 56.5 Å². The Morgan fingerprint density at radius 2 is 1.96 bits per heavy atom. The van der Waals surface area contributed by atoms with Gasteiger partial charge in [0.1, 0.15) is 0 Å². The van der Waals surface area contributed by atoms with Crippen LogP contribution < -0.4 is 5.32 Å². The van der Waals surface area contributed by atoms with Gasteiger partial charge in [0.2, 0.25) is 0 Å². The Morgan fingerprint density at radius 3 is 2.57 bits per heavy atom. The summed E-state index contributed by atoms with van der Waals surface area (Å²) in [6, 6.07) is 3.51. The molecule has 0 fully saturated rings. The van der Waals surface area contributed by atoms with Gasteiger partial charge in [0.05, 0.1) is 11.9 Å². The highest BCUT2D eigenvalue weighted by atomic mass is 35.5. The molecule has 1 aromatic carbocycles. The lowest BCUT2D eigenvalue weighted by Gasteiger charge is -2.17. The average molecular weight is 398 g/mol. The van der Waals surface area contributed by atoms with Crippen LogP contribution in [0.2, 0.25) is 5.02 Å². The van der Waals surface area contributed by atoms with Gasteiger partial charge in [-0.3, -0.25) is 14.3 Å². The molecule has 1 aliphatic rings. The first kappa shape index (κ1) is 20.1. The van der Waals surface area contributed by atoms with Crippen LogP contribution in [0.1, 0.15) is 41.8 Å². The van der Waals surface area contributed by atoms with Crippen molar-refractivity contribution in [2.45, 2.75) is 34.1 Å². The van der Waals surface area contributed by atoms with Crippen LogP contribution in [0.25, 0.3) is 11.3 Å². The number of allylic oxidation sites excluding steroid dienone is 3. The maximum atomic E-state index is 12.9. The van der Waals surface area contributed by atoms with Crippen LogP contribution in [0.15, 0.2) is 41.1 Å². The lowest BCUT2D eigenvalue weighted by molar-refractivity contribution is -0.115. The molecule has 0 atom stereocenters. The quantitative estimate of drug-likeness (QED) is 0.835. The molecular weight excluding hydrogens is 374 g/mol. The van der Waals surface area contributed by atoms with Crippen molar-refractivity contribution in [1.82, 2.24) is 15.1 Å². The number of halogens is 1. The molecule has 0 radical (unpaired) electrons. The molecule has 3 rings (SSSR count). The normalized spacial score (nSPS) is 14.4. The van der Waals surface area contributed by atoms with Gasteiger partial charge in [-0.2, -0.15) is 5.10 Å². The molecule has 2 aromatic rings. The maximum Gasteiger partial charge on any atom is 0.251 e. The predicted octanol–water partition coefficient (Wildman–Crippen LogP) is 4.32. The Balaban J connectivity index is 1.91. The topological polar surface area (TPSA) is 64.0 Å². The third kappa shape index (κ3) is 3.80. The van der Waals surface area contributed by atoms with E-state index in [1.807, 2.05) is 46.9 Å². The minimum atomic E-state index is -0.250. The van der Waals surface area contributed by atoms with E-state index in [1.165, 1.54) is 0 Å². The van der Waals surface area contributed by atoms with E-state index in [0.717, 1.165) is 33.5 Å². The molecule has 1 N–H and O–H groups in total. The van der Waals surface area contributed by atoms with E-state index < -0.39 is 0 Å². The number of rotatable bonds is 4. The van der Waals surface area contributed by atoms with Crippen molar-refractivity contribution >= 4 is 23.3 Å². The molecular formula is C22H24ClN3O2. The first-order valence-electron chi connectivity index (χ1n) is 9.16. The van der Waals surface area contributed by atoms with Crippen molar-refractivity contribution in [1.29, 1.82) is 0 Å². The van der Waals surface area contributed by atoms with E-state index in [1.54, 1.807) is 16.9 Å². The number of aryl methyl sites for hydroxylation is 2. The van der Waals surface area contributed by atoms with E-state index in [-0.39, 0.29) is 18.2 Å². The summed E-state index contributed by atoms with van der Waals surface area (Å²) in [5.41, 5.74) is 6.73. The third-order valence-corrected chi connectivity index (χ3v) is 5.35. The molecule has 5 nitrogen and oxygen atoms in total. The Morgan fingerprint density at radius 1 is 1.25 bits per heavy atom. The highest BCUT2D eigenvalue weighted by Crippen LogP contribution is 2.31. The van der Waals surface area contributed by atoms with Crippen molar-refractivity contribution in [2.75, 3.05) is 6.54 Å². The number of amides is 1. The summed E-state index contributed by atoms with van der Waals surface area (Å²) < 4.78 is 1.78. The molecule has 0 spiro atoms. The van der Waals surface area contributed by atoms with Gasteiger partial charge in [-0.15, -0.1) is 0 Å². The molecule has 146 valence electrons. The zero-order chi connectivity index (χ0) is 20.6. The third-order valence-electron chi connectivity index (χ3n) is 5.13. The smallest absolute Gasteiger partial charge is 0.251 e. The van der Waals surface area contributed by atoms with Crippen LogP contribution in [0.5, 0.6) is 0 Å². The van der Waals surface area contributed by atoms with Crippen LogP contribution in [0.4, 0.5) is 0 Å². The van der Waals surface area contributed by atoms with Crippen molar-refractivity contribution < 1.29 is 9.59 Å². The van der Waals surface area contributed by atoms with Crippen molar-refractivity contribution in [3.8, 4) is 11.3 Å². The van der Waals surface area contributed by atoms with Gasteiger partial charge >= 0.3 is 0 Å². The predicted molar refractivity (Wildman–Crippen MR) is 112 cm³/mol. The SMILES string of the molecule is CC1=CC(C)=C(CNC(=O)c2cc(Cl)cc(-c3c(C)cnn3C)c2C)C(=O)C1. The molecule has 0 saturated heterocycles. The number of Topliss-reactive ketones (excluding diaryl/α,β-unsaturated/α-hetero) is 1. The zero-order valence-electron chi connectivity index (χ0n) is 16.8. The number of ketones is 1. The fourth-order valence-corrected chi connectivity index (χ4v) is 3.90. The van der Waals surface area contributed by atoms with Crippen LogP contribution in [0, 0.1) is 13.8 Å². The second-order valence-electron chi connectivity index (χ2n) is 7.36. The summed E-state index contributed by atoms with van der Waals surface area (Å²) in [5, 5.41) is 7.65. The minimum Gasteiger partial charge on any atom is -0.348 e. The summed E-state index contributed by atoms with van der Waals surface area (Å²) in [4.78, 5) is 25.2. The lowest BCUT2D eigenvalue weighted by Crippen LogP contribution is -2.30. The van der Waals surface area contributed by atoms with Gasteiger partial charge in [0, 0.05) is 41.7 Å². The summed E-state index contributed by atoms with van der Waals surface area (Å²) in [6.45, 7) is 7.92. The van der Waals surface area contributed by atoms with E-state index in [9.17, 15) is 9.59 Å². The van der Waals surface area contributed by atoms with Gasteiger partial charge < -0.3 is 5.32 Å². The average Bonchev–Trinajstić information content (AvgIpc) is 2.94. The summed E-state index contributed by atoms with van der Waals surface area (Å²) in [5.74, 6) is -0.188. The Hall–Kier alpha value is -2.66. The number of nitrogens with one attached hydrogen (secondary N) is 1. The van der Waals surface area contributed by atoms with Crippen LogP contribution in [-0.4, -0.2) is 28.0 Å². The lowest BCUT2D eigenvalue weighted by atomic mass is 9.92. The van der Waals surface area contributed by atoms with Crippen molar-refractivity contribution in [2.24, 2.45) is 7.05 Å². The Bertz CT molecular complexity index is 1020. The largest absolute Gasteiger partial charge is 0.348 e. The number of carbonyl (C=O) groups excluding carboxylic acids is 2. The number of aromatic nitrogens is 2. The second-order valence-corrected chi connectivity index (χ2v) is 7.80. The number of carbonyl (C=O) groups is 2. The molecule has 0 unspecified atom stereocenters. The Kier molecular flexibility index (Phi) is 5.57. The van der Waals surface area contributed by atoms with Gasteiger partial charge in [-0.25, -0.2) is 0 Å². The maximum absolute atomic E-state index is 12.9. The monoisotopic (exact) mass is 397 g/mol. The minimum absolute atomic E-state index is 0.0619. The van der Waals surface area contributed by atoms with Crippen LogP contribution in [-0.2, 0) is 11.8 Å². The molecule has 1 aliphatic carbocycles. The summed E-state index contributed by atoms with van der Waals surface area (Å²) in [6.07, 6.45) is 4.19. The molecule has 0 bridgehead atoms. The number of benzene rings is 1. The molecule has 6 heteroatoms. The van der Waals surface area contributed by atoms with Gasteiger partial charge in [0.15, 0.2) is 5.78 Å². The van der Waals surface area contributed by atoms with Gasteiger partial charge in [-0.1, -0.05) is 23.3 Å². The fraction of sp³-hybridized carbons (Fsp3) is 0.318. The molecule has 1 aromatic heterocycles. The highest BCUT2D eigenvalue weighted by molar-refractivity contribution is 6.31. The van der Waals surface area contributed by atoms with Crippen molar-refractivity contribution in [3.63, 3.8) is 0 Å². The molecule has 0 aliphatic heterocycles. The first-order chi connectivity index (χ1) is 13.2. The molecule has 1 heterocycles. The van der Waals surface area contributed by atoms with Crippen LogP contribution >= 0.6 is 11.6 Å². The molecule has 28 heavy (non-hydrogen) atoms.